The summed E-state index contributed by atoms with van der Waals surface area (Å²) in [5.74, 6) is 0. The van der Waals surface area contributed by atoms with Crippen LogP contribution < -0.4 is 16.3 Å². The number of hydrogen-bond donors (Lipinski definition) is 4. The number of morpholine rings is 1. The Hall–Kier alpha value is -2.73. The Morgan fingerprint density at radius 2 is 1.59 bits per heavy atom. The largest absolute Gasteiger partial charge is 0.379 e. The van der Waals surface area contributed by atoms with Crippen LogP contribution in [-0.2, 0) is 14.8 Å². The molecule has 0 atom stereocenters. The van der Waals surface area contributed by atoms with Crippen LogP contribution in [0.4, 0.5) is 11.4 Å². The summed E-state index contributed by atoms with van der Waals surface area (Å²) in [7, 11) is -3.53. The molecule has 0 unspecified atom stereocenters. The Morgan fingerprint density at radius 3 is 2.31 bits per heavy atom. The first kappa shape index (κ1) is 19.6. The van der Waals surface area contributed by atoms with Crippen LogP contribution in [0.3, 0.4) is 0 Å². The van der Waals surface area contributed by atoms with Gasteiger partial charge in [-0.25, -0.2) is 13.2 Å². The fraction of sp³-hybridized carbons (Fsp3) is 0.222. The molecule has 0 spiro atoms. The third kappa shape index (κ3) is 4.32. The second kappa shape index (κ2) is 7.95. The average molecular weight is 434 g/mol. The topological polar surface area (TPSA) is 119 Å². The number of anilines is 2. The van der Waals surface area contributed by atoms with Crippen molar-refractivity contribution in [1.29, 1.82) is 0 Å². The minimum atomic E-state index is -3.53. The molecule has 0 saturated carbocycles. The molecule has 1 aliphatic heterocycles. The lowest BCUT2D eigenvalue weighted by Gasteiger charge is -2.26. The molecule has 2 heterocycles. The standard InChI is InChI=1S/C18H19N5O4S2/c24-17-21-15-6-3-13(11-16(15)22-17)20-18(28)19-12-1-4-14(5-2-12)29(25,26)23-7-9-27-10-8-23/h1-6,11H,7-10H2,(H2,19,20,28)(H2,21,22,24). The van der Waals surface area contributed by atoms with Gasteiger partial charge in [-0.15, -0.1) is 0 Å². The van der Waals surface area contributed by atoms with Gasteiger partial charge in [0.1, 0.15) is 0 Å². The van der Waals surface area contributed by atoms with E-state index in [-0.39, 0.29) is 10.6 Å². The number of sulfonamides is 1. The van der Waals surface area contributed by atoms with Crippen molar-refractivity contribution in [3.63, 3.8) is 0 Å². The van der Waals surface area contributed by atoms with Crippen LogP contribution in [0, 0.1) is 0 Å². The number of nitrogens with one attached hydrogen (secondary N) is 4. The second-order valence-electron chi connectivity index (χ2n) is 6.46. The first-order valence-corrected chi connectivity index (χ1v) is 10.7. The van der Waals surface area contributed by atoms with Crippen LogP contribution >= 0.6 is 12.2 Å². The first-order chi connectivity index (χ1) is 13.9. The Kier molecular flexibility index (Phi) is 5.37. The lowest BCUT2D eigenvalue weighted by molar-refractivity contribution is 0.0730. The number of aromatic amines is 2. The molecule has 9 nitrogen and oxygen atoms in total. The lowest BCUT2D eigenvalue weighted by atomic mass is 10.3. The third-order valence-electron chi connectivity index (χ3n) is 4.49. The van der Waals surface area contributed by atoms with Crippen LogP contribution in [-0.4, -0.2) is 54.1 Å². The Bertz CT molecular complexity index is 1190. The predicted octanol–water partition coefficient (Wildman–Crippen LogP) is 1.69. The normalized spacial score (nSPS) is 15.3. The van der Waals surface area contributed by atoms with Crippen molar-refractivity contribution in [1.82, 2.24) is 14.3 Å². The molecular formula is C18H19N5O4S2. The maximum Gasteiger partial charge on any atom is 0.323 e. The van der Waals surface area contributed by atoms with Crippen molar-refractivity contribution in [3.8, 4) is 0 Å². The SMILES string of the molecule is O=c1[nH]c2ccc(NC(=S)Nc3ccc(S(=O)(=O)N4CCOCC4)cc3)cc2[nH]1. The van der Waals surface area contributed by atoms with E-state index in [0.717, 1.165) is 0 Å². The van der Waals surface area contributed by atoms with E-state index in [9.17, 15) is 13.2 Å². The van der Waals surface area contributed by atoms with E-state index in [1.54, 1.807) is 42.5 Å². The highest BCUT2D eigenvalue weighted by atomic mass is 32.2. The molecule has 1 saturated heterocycles. The second-order valence-corrected chi connectivity index (χ2v) is 8.81. The molecule has 2 aromatic carbocycles. The molecule has 4 rings (SSSR count). The highest BCUT2D eigenvalue weighted by Gasteiger charge is 2.26. The fourth-order valence-electron chi connectivity index (χ4n) is 3.05. The van der Waals surface area contributed by atoms with Crippen molar-refractivity contribution in [2.24, 2.45) is 0 Å². The molecule has 0 radical (unpaired) electrons. The molecule has 4 N–H and O–H groups in total. The van der Waals surface area contributed by atoms with E-state index in [1.807, 2.05) is 0 Å². The summed E-state index contributed by atoms with van der Waals surface area (Å²) in [5.41, 5.74) is 2.46. The summed E-state index contributed by atoms with van der Waals surface area (Å²) in [6.07, 6.45) is 0. The molecular weight excluding hydrogens is 414 g/mol. The average Bonchev–Trinajstić information content (AvgIpc) is 3.08. The zero-order valence-corrected chi connectivity index (χ0v) is 16.9. The summed E-state index contributed by atoms with van der Waals surface area (Å²) in [6.45, 7) is 1.52. The van der Waals surface area contributed by atoms with Gasteiger partial charge in [-0.2, -0.15) is 4.31 Å². The maximum atomic E-state index is 12.7. The number of rotatable bonds is 4. The Morgan fingerprint density at radius 1 is 0.966 bits per heavy atom. The number of benzene rings is 2. The van der Waals surface area contributed by atoms with Gasteiger partial charge >= 0.3 is 5.69 Å². The van der Waals surface area contributed by atoms with Gasteiger partial charge < -0.3 is 25.3 Å². The number of hydrogen-bond acceptors (Lipinski definition) is 5. The number of nitrogens with zero attached hydrogens (tertiary/aromatic N) is 1. The van der Waals surface area contributed by atoms with E-state index in [2.05, 4.69) is 20.6 Å². The third-order valence-corrected chi connectivity index (χ3v) is 6.61. The van der Waals surface area contributed by atoms with Crippen molar-refractivity contribution in [2.75, 3.05) is 36.9 Å². The van der Waals surface area contributed by atoms with Gasteiger partial charge in [-0.3, -0.25) is 0 Å². The summed E-state index contributed by atoms with van der Waals surface area (Å²) >= 11 is 5.31. The molecule has 29 heavy (non-hydrogen) atoms. The quantitative estimate of drug-likeness (QED) is 0.462. The van der Waals surface area contributed by atoms with Crippen LogP contribution in [0.1, 0.15) is 0 Å². The van der Waals surface area contributed by atoms with Crippen molar-refractivity contribution < 1.29 is 13.2 Å². The van der Waals surface area contributed by atoms with Gasteiger partial charge in [0.25, 0.3) is 0 Å². The molecule has 11 heteroatoms. The molecule has 1 fully saturated rings. The molecule has 1 aromatic heterocycles. The zero-order valence-electron chi connectivity index (χ0n) is 15.3. The summed E-state index contributed by atoms with van der Waals surface area (Å²) in [6, 6.07) is 11.7. The molecule has 0 aliphatic carbocycles. The molecule has 152 valence electrons. The van der Waals surface area contributed by atoms with E-state index in [0.29, 0.717) is 53.8 Å². The number of aromatic nitrogens is 2. The van der Waals surface area contributed by atoms with E-state index in [4.69, 9.17) is 17.0 Å². The molecule has 0 amide bonds. The van der Waals surface area contributed by atoms with Gasteiger partial charge in [-0.05, 0) is 54.7 Å². The van der Waals surface area contributed by atoms with Gasteiger partial charge in [0.2, 0.25) is 10.0 Å². The fourth-order valence-corrected chi connectivity index (χ4v) is 4.69. The Labute approximate surface area is 172 Å². The van der Waals surface area contributed by atoms with Crippen molar-refractivity contribution >= 4 is 49.8 Å². The minimum absolute atomic E-state index is 0.227. The summed E-state index contributed by atoms with van der Waals surface area (Å²) in [4.78, 5) is 16.9. The van der Waals surface area contributed by atoms with Gasteiger partial charge in [-0.1, -0.05) is 0 Å². The van der Waals surface area contributed by atoms with Crippen LogP contribution in [0.2, 0.25) is 0 Å². The minimum Gasteiger partial charge on any atom is -0.379 e. The molecule has 0 bridgehead atoms. The van der Waals surface area contributed by atoms with Gasteiger partial charge in [0.05, 0.1) is 29.1 Å². The van der Waals surface area contributed by atoms with Crippen LogP contribution in [0.5, 0.6) is 0 Å². The molecule has 3 aromatic rings. The van der Waals surface area contributed by atoms with Crippen LogP contribution in [0.15, 0.2) is 52.2 Å². The molecule has 1 aliphatic rings. The van der Waals surface area contributed by atoms with E-state index in [1.165, 1.54) is 4.31 Å². The first-order valence-electron chi connectivity index (χ1n) is 8.90. The van der Waals surface area contributed by atoms with Crippen LogP contribution in [0.25, 0.3) is 11.0 Å². The lowest BCUT2D eigenvalue weighted by Crippen LogP contribution is -2.40. The van der Waals surface area contributed by atoms with E-state index < -0.39 is 10.0 Å². The monoisotopic (exact) mass is 433 g/mol. The maximum absolute atomic E-state index is 12.7. The van der Waals surface area contributed by atoms with Gasteiger partial charge in [0.15, 0.2) is 5.11 Å². The predicted molar refractivity (Wildman–Crippen MR) is 115 cm³/mol. The van der Waals surface area contributed by atoms with Crippen molar-refractivity contribution in [2.45, 2.75) is 4.90 Å². The number of fused-ring (bicyclic) bond motifs is 1. The number of H-pyrrole nitrogens is 2. The van der Waals surface area contributed by atoms with E-state index >= 15 is 0 Å². The number of thiocarbonyl (C=S) groups is 1. The highest BCUT2D eigenvalue weighted by molar-refractivity contribution is 7.89. The summed E-state index contributed by atoms with van der Waals surface area (Å²) < 4.78 is 31.9. The summed E-state index contributed by atoms with van der Waals surface area (Å²) in [5, 5.41) is 6.39. The van der Waals surface area contributed by atoms with Gasteiger partial charge in [0, 0.05) is 24.5 Å². The smallest absolute Gasteiger partial charge is 0.323 e. The number of imidazole rings is 1. The zero-order chi connectivity index (χ0) is 20.4. The Balaban J connectivity index is 1.42. The highest BCUT2D eigenvalue weighted by Crippen LogP contribution is 2.20. The van der Waals surface area contributed by atoms with Crippen molar-refractivity contribution in [3.05, 3.63) is 52.9 Å². The number of ether oxygens (including phenoxy) is 1.